The van der Waals surface area contributed by atoms with Crippen LogP contribution in [-0.4, -0.2) is 15.4 Å². The maximum absolute atomic E-state index is 8.78. The molecule has 0 saturated carbocycles. The van der Waals surface area contributed by atoms with Gasteiger partial charge in [-0.1, -0.05) is 48.2 Å². The molecule has 1 atom stereocenters. The molecule has 1 N–H and O–H groups in total. The molecule has 19 heavy (non-hydrogen) atoms. The Hall–Kier alpha value is -1.58. The third-order valence-electron chi connectivity index (χ3n) is 2.51. The summed E-state index contributed by atoms with van der Waals surface area (Å²) < 4.78 is 0.811. The Balaban J connectivity index is 2.10. The highest BCUT2D eigenvalue weighted by Gasteiger charge is 2.10. The molecule has 0 aliphatic carbocycles. The van der Waals surface area contributed by atoms with Crippen molar-refractivity contribution in [3.63, 3.8) is 0 Å². The summed E-state index contributed by atoms with van der Waals surface area (Å²) in [5.41, 5.74) is 2.31. The van der Waals surface area contributed by atoms with E-state index in [0.29, 0.717) is 0 Å². The standard InChI is InChI=1S/C13H14N4S2/c1-3-10-6-4-5-7-11(10)15-12-16-17-13(19-12)18-9(2)8-14/h4-7,9H,3H2,1-2H3,(H,15,16)/t9-/m1/s1. The fourth-order valence-electron chi connectivity index (χ4n) is 1.55. The molecule has 0 fully saturated rings. The van der Waals surface area contributed by atoms with E-state index in [2.05, 4.69) is 34.6 Å². The Morgan fingerprint density at radius 3 is 2.95 bits per heavy atom. The Bertz CT molecular complexity index is 588. The van der Waals surface area contributed by atoms with Gasteiger partial charge in [0.15, 0.2) is 4.34 Å². The number of nitriles is 1. The Kier molecular flexibility index (Phi) is 4.77. The van der Waals surface area contributed by atoms with E-state index >= 15 is 0 Å². The van der Waals surface area contributed by atoms with Gasteiger partial charge in [0.05, 0.1) is 11.3 Å². The van der Waals surface area contributed by atoms with E-state index in [-0.39, 0.29) is 5.25 Å². The van der Waals surface area contributed by atoms with Gasteiger partial charge in [-0.2, -0.15) is 5.26 Å². The van der Waals surface area contributed by atoms with Crippen LogP contribution in [0.3, 0.4) is 0 Å². The van der Waals surface area contributed by atoms with Crippen LogP contribution in [0.5, 0.6) is 0 Å². The summed E-state index contributed by atoms with van der Waals surface area (Å²) in [5.74, 6) is 0. The topological polar surface area (TPSA) is 61.6 Å². The Morgan fingerprint density at radius 2 is 2.21 bits per heavy atom. The van der Waals surface area contributed by atoms with Crippen molar-refractivity contribution in [2.75, 3.05) is 5.32 Å². The molecule has 1 aromatic carbocycles. The van der Waals surface area contributed by atoms with Crippen LogP contribution < -0.4 is 5.32 Å². The average Bonchev–Trinajstić information content (AvgIpc) is 2.86. The summed E-state index contributed by atoms with van der Waals surface area (Å²) in [6.45, 7) is 3.97. The Labute approximate surface area is 120 Å². The van der Waals surface area contributed by atoms with Crippen LogP contribution in [0.25, 0.3) is 0 Å². The van der Waals surface area contributed by atoms with E-state index in [4.69, 9.17) is 5.26 Å². The first-order valence-corrected chi connectivity index (χ1v) is 7.67. The molecule has 0 aliphatic heterocycles. The van der Waals surface area contributed by atoms with E-state index in [1.54, 1.807) is 0 Å². The number of hydrogen-bond acceptors (Lipinski definition) is 6. The van der Waals surface area contributed by atoms with E-state index < -0.39 is 0 Å². The molecule has 0 saturated heterocycles. The molecule has 0 radical (unpaired) electrons. The third kappa shape index (κ3) is 3.69. The maximum Gasteiger partial charge on any atom is 0.210 e. The van der Waals surface area contributed by atoms with Crippen LogP contribution in [0.15, 0.2) is 28.6 Å². The number of nitrogens with one attached hydrogen (secondary N) is 1. The van der Waals surface area contributed by atoms with Crippen molar-refractivity contribution in [2.45, 2.75) is 29.9 Å². The normalized spacial score (nSPS) is 11.8. The van der Waals surface area contributed by atoms with Crippen molar-refractivity contribution in [3.05, 3.63) is 29.8 Å². The summed E-state index contributed by atoms with van der Waals surface area (Å²) in [7, 11) is 0. The molecule has 4 nitrogen and oxygen atoms in total. The number of nitrogens with zero attached hydrogens (tertiary/aromatic N) is 3. The minimum atomic E-state index is -0.108. The van der Waals surface area contributed by atoms with Crippen LogP contribution in [0.2, 0.25) is 0 Å². The highest BCUT2D eigenvalue weighted by Crippen LogP contribution is 2.30. The van der Waals surface area contributed by atoms with Crippen LogP contribution in [0, 0.1) is 11.3 Å². The zero-order chi connectivity index (χ0) is 13.7. The number of rotatable bonds is 5. The highest BCUT2D eigenvalue weighted by molar-refractivity contribution is 8.01. The minimum Gasteiger partial charge on any atom is -0.330 e. The van der Waals surface area contributed by atoms with Crippen molar-refractivity contribution in [2.24, 2.45) is 0 Å². The number of aromatic nitrogens is 2. The SMILES string of the molecule is CCc1ccccc1Nc1nnc(S[C@H](C)C#N)s1. The van der Waals surface area contributed by atoms with Gasteiger partial charge in [0, 0.05) is 5.69 Å². The molecular weight excluding hydrogens is 276 g/mol. The number of benzene rings is 1. The second kappa shape index (κ2) is 6.55. The molecule has 0 aliphatic rings. The van der Waals surface area contributed by atoms with Gasteiger partial charge in [0.1, 0.15) is 0 Å². The van der Waals surface area contributed by atoms with Crippen molar-refractivity contribution < 1.29 is 0 Å². The van der Waals surface area contributed by atoms with Crippen LogP contribution in [0.1, 0.15) is 19.4 Å². The van der Waals surface area contributed by atoms with E-state index in [1.807, 2.05) is 25.1 Å². The van der Waals surface area contributed by atoms with Gasteiger partial charge in [-0.15, -0.1) is 10.2 Å². The number of thioether (sulfide) groups is 1. The molecule has 2 aromatic rings. The number of aryl methyl sites for hydroxylation is 1. The summed E-state index contributed by atoms with van der Waals surface area (Å²) in [6, 6.07) is 10.3. The van der Waals surface area contributed by atoms with Crippen molar-refractivity contribution in [1.82, 2.24) is 10.2 Å². The lowest BCUT2D eigenvalue weighted by Gasteiger charge is -2.07. The first kappa shape index (κ1) is 13.8. The van der Waals surface area contributed by atoms with Gasteiger partial charge >= 0.3 is 0 Å². The number of hydrogen-bond donors (Lipinski definition) is 1. The Morgan fingerprint density at radius 1 is 1.42 bits per heavy atom. The van der Waals surface area contributed by atoms with E-state index in [9.17, 15) is 0 Å². The minimum absolute atomic E-state index is 0.108. The predicted octanol–water partition coefficient (Wildman–Crippen LogP) is 3.85. The maximum atomic E-state index is 8.78. The zero-order valence-electron chi connectivity index (χ0n) is 10.8. The van der Waals surface area contributed by atoms with Crippen molar-refractivity contribution >= 4 is 33.9 Å². The molecule has 0 unspecified atom stereocenters. The van der Waals surface area contributed by atoms with Gasteiger partial charge in [0.25, 0.3) is 0 Å². The fraction of sp³-hybridized carbons (Fsp3) is 0.308. The lowest BCUT2D eigenvalue weighted by atomic mass is 10.1. The molecule has 0 bridgehead atoms. The molecular formula is C13H14N4S2. The monoisotopic (exact) mass is 290 g/mol. The zero-order valence-corrected chi connectivity index (χ0v) is 12.4. The second-order valence-electron chi connectivity index (χ2n) is 3.90. The summed E-state index contributed by atoms with van der Waals surface area (Å²) in [6.07, 6.45) is 0.967. The second-order valence-corrected chi connectivity index (χ2v) is 6.46. The third-order valence-corrected chi connectivity index (χ3v) is 4.42. The lowest BCUT2D eigenvalue weighted by molar-refractivity contribution is 1.01. The largest absolute Gasteiger partial charge is 0.330 e. The van der Waals surface area contributed by atoms with Crippen molar-refractivity contribution in [3.8, 4) is 6.07 Å². The molecule has 6 heteroatoms. The van der Waals surface area contributed by atoms with Crippen LogP contribution in [-0.2, 0) is 6.42 Å². The quantitative estimate of drug-likeness (QED) is 0.847. The summed E-state index contributed by atoms with van der Waals surface area (Å²) in [5, 5.41) is 20.9. The molecule has 2 rings (SSSR count). The summed E-state index contributed by atoms with van der Waals surface area (Å²) >= 11 is 2.90. The van der Waals surface area contributed by atoms with Gasteiger partial charge in [-0.05, 0) is 25.0 Å². The lowest BCUT2D eigenvalue weighted by Crippen LogP contribution is -1.94. The van der Waals surface area contributed by atoms with Crippen LogP contribution in [0.4, 0.5) is 10.8 Å². The molecule has 1 heterocycles. The van der Waals surface area contributed by atoms with E-state index in [1.165, 1.54) is 28.7 Å². The summed E-state index contributed by atoms with van der Waals surface area (Å²) in [4.78, 5) is 0. The van der Waals surface area contributed by atoms with Crippen LogP contribution >= 0.6 is 23.1 Å². The molecule has 0 spiro atoms. The average molecular weight is 290 g/mol. The first-order valence-electron chi connectivity index (χ1n) is 5.97. The highest BCUT2D eigenvalue weighted by atomic mass is 32.2. The van der Waals surface area contributed by atoms with Gasteiger partial charge < -0.3 is 5.32 Å². The fourth-order valence-corrected chi connectivity index (χ4v) is 3.35. The molecule has 0 amide bonds. The number of para-hydroxylation sites is 1. The van der Waals surface area contributed by atoms with Gasteiger partial charge in [0.2, 0.25) is 5.13 Å². The smallest absolute Gasteiger partial charge is 0.210 e. The molecule has 1 aromatic heterocycles. The van der Waals surface area contributed by atoms with E-state index in [0.717, 1.165) is 21.6 Å². The van der Waals surface area contributed by atoms with Crippen molar-refractivity contribution in [1.29, 1.82) is 5.26 Å². The first-order chi connectivity index (χ1) is 9.22. The number of anilines is 2. The predicted molar refractivity (Wildman–Crippen MR) is 79.9 cm³/mol. The van der Waals surface area contributed by atoms with Gasteiger partial charge in [-0.25, -0.2) is 0 Å². The van der Waals surface area contributed by atoms with Gasteiger partial charge in [-0.3, -0.25) is 0 Å². The molecule has 98 valence electrons.